The predicted octanol–water partition coefficient (Wildman–Crippen LogP) is 3.23. The van der Waals surface area contributed by atoms with Crippen molar-refractivity contribution < 1.29 is 4.79 Å². The van der Waals surface area contributed by atoms with Gasteiger partial charge < -0.3 is 9.88 Å². The van der Waals surface area contributed by atoms with E-state index in [0.29, 0.717) is 28.9 Å². The van der Waals surface area contributed by atoms with Crippen molar-refractivity contribution in [3.05, 3.63) is 82.4 Å². The lowest BCUT2D eigenvalue weighted by Crippen LogP contribution is -2.33. The minimum Gasteiger partial charge on any atom is -0.348 e. The van der Waals surface area contributed by atoms with Crippen LogP contribution >= 0.6 is 0 Å². The first kappa shape index (κ1) is 18.0. The highest BCUT2D eigenvalue weighted by atomic mass is 16.2. The summed E-state index contributed by atoms with van der Waals surface area (Å²) in [6, 6.07) is 17.0. The maximum absolute atomic E-state index is 13.0. The molecule has 0 aliphatic heterocycles. The Bertz CT molecular complexity index is 1210. The van der Waals surface area contributed by atoms with E-state index in [0.717, 1.165) is 12.0 Å². The SMILES string of the molecule is CCC(C)NC(=O)c1cc2c(=O)n3ccccc3nc2n1Cc1ccccc1. The Morgan fingerprint density at radius 1 is 1.14 bits per heavy atom. The van der Waals surface area contributed by atoms with Gasteiger partial charge in [-0.3, -0.25) is 14.0 Å². The number of carbonyl (C=O) groups is 1. The molecule has 0 saturated heterocycles. The number of carbonyl (C=O) groups excluding carboxylic acids is 1. The number of hydrogen-bond donors (Lipinski definition) is 1. The van der Waals surface area contributed by atoms with Gasteiger partial charge >= 0.3 is 0 Å². The van der Waals surface area contributed by atoms with E-state index in [1.54, 1.807) is 24.4 Å². The first-order valence-corrected chi connectivity index (χ1v) is 9.44. The van der Waals surface area contributed by atoms with Crippen LogP contribution in [-0.2, 0) is 6.54 Å². The second-order valence-electron chi connectivity index (χ2n) is 6.97. The topological polar surface area (TPSA) is 68.4 Å². The van der Waals surface area contributed by atoms with Crippen molar-refractivity contribution in [2.45, 2.75) is 32.9 Å². The van der Waals surface area contributed by atoms with Gasteiger partial charge in [0, 0.05) is 18.8 Å². The van der Waals surface area contributed by atoms with Crippen LogP contribution in [0.15, 0.2) is 65.6 Å². The maximum Gasteiger partial charge on any atom is 0.268 e. The Morgan fingerprint density at radius 3 is 2.64 bits per heavy atom. The average molecular weight is 374 g/mol. The van der Waals surface area contributed by atoms with Crippen LogP contribution in [0.25, 0.3) is 16.7 Å². The summed E-state index contributed by atoms with van der Waals surface area (Å²) in [4.78, 5) is 30.6. The molecule has 0 fully saturated rings. The zero-order chi connectivity index (χ0) is 19.7. The predicted molar refractivity (Wildman–Crippen MR) is 110 cm³/mol. The highest BCUT2D eigenvalue weighted by Gasteiger charge is 2.20. The minimum atomic E-state index is -0.197. The molecular weight excluding hydrogens is 352 g/mol. The number of nitrogens with zero attached hydrogens (tertiary/aromatic N) is 3. The molecule has 0 bridgehead atoms. The summed E-state index contributed by atoms with van der Waals surface area (Å²) in [5, 5.41) is 3.44. The quantitative estimate of drug-likeness (QED) is 0.583. The number of amides is 1. The van der Waals surface area contributed by atoms with E-state index in [1.807, 2.05) is 54.8 Å². The molecule has 4 aromatic rings. The Balaban J connectivity index is 1.94. The van der Waals surface area contributed by atoms with Gasteiger partial charge in [0.2, 0.25) is 0 Å². The van der Waals surface area contributed by atoms with Crippen LogP contribution in [0.1, 0.15) is 36.3 Å². The van der Waals surface area contributed by atoms with Gasteiger partial charge in [-0.15, -0.1) is 0 Å². The molecule has 6 nitrogen and oxygen atoms in total. The summed E-state index contributed by atoms with van der Waals surface area (Å²) < 4.78 is 3.34. The first-order valence-electron chi connectivity index (χ1n) is 9.44. The molecule has 6 heteroatoms. The second kappa shape index (κ2) is 7.31. The van der Waals surface area contributed by atoms with E-state index in [-0.39, 0.29) is 17.5 Å². The zero-order valence-corrected chi connectivity index (χ0v) is 15.9. The number of benzene rings is 1. The molecule has 3 aromatic heterocycles. The van der Waals surface area contributed by atoms with Crippen molar-refractivity contribution in [2.75, 3.05) is 0 Å². The van der Waals surface area contributed by atoms with Gasteiger partial charge in [-0.05, 0) is 37.1 Å². The Labute approximate surface area is 162 Å². The molecule has 0 saturated carbocycles. The Kier molecular flexibility index (Phi) is 4.69. The minimum absolute atomic E-state index is 0.0452. The smallest absolute Gasteiger partial charge is 0.268 e. The van der Waals surface area contributed by atoms with Gasteiger partial charge in [0.25, 0.3) is 11.5 Å². The van der Waals surface area contributed by atoms with Crippen LogP contribution in [0, 0.1) is 0 Å². The van der Waals surface area contributed by atoms with Crippen molar-refractivity contribution in [1.29, 1.82) is 0 Å². The average Bonchev–Trinajstić information content (AvgIpc) is 3.07. The van der Waals surface area contributed by atoms with Crippen molar-refractivity contribution in [2.24, 2.45) is 0 Å². The van der Waals surface area contributed by atoms with Crippen molar-refractivity contribution in [3.63, 3.8) is 0 Å². The van der Waals surface area contributed by atoms with E-state index in [9.17, 15) is 9.59 Å². The third kappa shape index (κ3) is 3.17. The van der Waals surface area contributed by atoms with Crippen LogP contribution < -0.4 is 10.9 Å². The summed E-state index contributed by atoms with van der Waals surface area (Å²) in [5.74, 6) is -0.197. The van der Waals surface area contributed by atoms with E-state index in [2.05, 4.69) is 10.3 Å². The molecule has 1 aromatic carbocycles. The van der Waals surface area contributed by atoms with Crippen molar-refractivity contribution >= 4 is 22.6 Å². The number of pyridine rings is 1. The molecule has 142 valence electrons. The van der Waals surface area contributed by atoms with Crippen LogP contribution in [0.4, 0.5) is 0 Å². The highest BCUT2D eigenvalue weighted by Crippen LogP contribution is 2.19. The molecule has 28 heavy (non-hydrogen) atoms. The Hall–Kier alpha value is -3.41. The van der Waals surface area contributed by atoms with Gasteiger partial charge in [-0.1, -0.05) is 43.3 Å². The fraction of sp³-hybridized carbons (Fsp3) is 0.227. The van der Waals surface area contributed by atoms with E-state index in [4.69, 9.17) is 0 Å². The lowest BCUT2D eigenvalue weighted by molar-refractivity contribution is 0.0930. The molecule has 0 radical (unpaired) electrons. The summed E-state index contributed by atoms with van der Waals surface area (Å²) in [5.41, 5.74) is 2.38. The molecule has 1 amide bonds. The lowest BCUT2D eigenvalue weighted by atomic mass is 10.2. The van der Waals surface area contributed by atoms with Crippen LogP contribution in [-0.4, -0.2) is 25.9 Å². The first-order chi connectivity index (χ1) is 13.6. The van der Waals surface area contributed by atoms with Gasteiger partial charge in [0.15, 0.2) is 0 Å². The molecule has 1 atom stereocenters. The maximum atomic E-state index is 13.0. The molecule has 1 N–H and O–H groups in total. The Morgan fingerprint density at radius 2 is 1.89 bits per heavy atom. The monoisotopic (exact) mass is 374 g/mol. The van der Waals surface area contributed by atoms with Gasteiger partial charge in [-0.2, -0.15) is 0 Å². The number of rotatable bonds is 5. The zero-order valence-electron chi connectivity index (χ0n) is 15.9. The third-order valence-electron chi connectivity index (χ3n) is 4.98. The largest absolute Gasteiger partial charge is 0.348 e. The summed E-state index contributed by atoms with van der Waals surface area (Å²) >= 11 is 0. The van der Waals surface area contributed by atoms with E-state index in [1.165, 1.54) is 4.40 Å². The molecule has 3 heterocycles. The lowest BCUT2D eigenvalue weighted by Gasteiger charge is -2.14. The third-order valence-corrected chi connectivity index (χ3v) is 4.98. The van der Waals surface area contributed by atoms with E-state index < -0.39 is 0 Å². The molecule has 4 rings (SSSR count). The summed E-state index contributed by atoms with van der Waals surface area (Å²) in [7, 11) is 0. The second-order valence-corrected chi connectivity index (χ2v) is 6.97. The fourth-order valence-corrected chi connectivity index (χ4v) is 3.27. The highest BCUT2D eigenvalue weighted by molar-refractivity contribution is 5.98. The summed E-state index contributed by atoms with van der Waals surface area (Å²) in [6.07, 6.45) is 2.52. The molecule has 1 unspecified atom stereocenters. The molecule has 0 spiro atoms. The van der Waals surface area contributed by atoms with Crippen molar-refractivity contribution in [1.82, 2.24) is 19.3 Å². The van der Waals surface area contributed by atoms with Gasteiger partial charge in [0.05, 0.1) is 5.39 Å². The van der Waals surface area contributed by atoms with Gasteiger partial charge in [0.1, 0.15) is 17.0 Å². The normalized spacial score (nSPS) is 12.4. The van der Waals surface area contributed by atoms with Crippen LogP contribution in [0.3, 0.4) is 0 Å². The molecule has 0 aliphatic carbocycles. The standard InChI is InChI=1S/C22H22N4O2/c1-3-15(2)23-21(27)18-13-17-20(26(18)14-16-9-5-4-6-10-16)24-19-11-7-8-12-25(19)22(17)28/h4-13,15H,3,14H2,1-2H3,(H,23,27). The number of fused-ring (bicyclic) bond motifs is 2. The number of aromatic nitrogens is 3. The van der Waals surface area contributed by atoms with E-state index >= 15 is 0 Å². The number of nitrogens with one attached hydrogen (secondary N) is 1. The fourth-order valence-electron chi connectivity index (χ4n) is 3.27. The van der Waals surface area contributed by atoms with Crippen LogP contribution in [0.2, 0.25) is 0 Å². The molecular formula is C22H22N4O2. The number of hydrogen-bond acceptors (Lipinski definition) is 3. The molecule has 0 aliphatic rings. The van der Waals surface area contributed by atoms with Crippen LogP contribution in [0.5, 0.6) is 0 Å². The van der Waals surface area contributed by atoms with Gasteiger partial charge in [-0.25, -0.2) is 4.98 Å². The summed E-state index contributed by atoms with van der Waals surface area (Å²) in [6.45, 7) is 4.44. The van der Waals surface area contributed by atoms with Crippen molar-refractivity contribution in [3.8, 4) is 0 Å².